The average molecular weight is 212 g/mol. The molecule has 1 aromatic rings. The zero-order valence-electron chi connectivity index (χ0n) is 9.44. The molecule has 0 saturated heterocycles. The maximum absolute atomic E-state index is 5.49. The lowest BCUT2D eigenvalue weighted by Crippen LogP contribution is -2.36. The van der Waals surface area contributed by atoms with Gasteiger partial charge < -0.3 is 4.74 Å². The fourth-order valence-corrected chi connectivity index (χ4v) is 1.58. The van der Waals surface area contributed by atoms with Gasteiger partial charge in [-0.05, 0) is 24.8 Å². The van der Waals surface area contributed by atoms with Crippen LogP contribution < -0.4 is 11.3 Å². The van der Waals surface area contributed by atoms with Crippen LogP contribution in [0.25, 0.3) is 0 Å². The van der Waals surface area contributed by atoms with E-state index in [-0.39, 0.29) is 0 Å². The van der Waals surface area contributed by atoms with Crippen molar-refractivity contribution in [3.63, 3.8) is 0 Å². The molecule has 1 rings (SSSR count). The summed E-state index contributed by atoms with van der Waals surface area (Å²) >= 11 is 0. The highest BCUT2D eigenvalue weighted by Gasteiger charge is 2.08. The number of methoxy groups -OCH3 is 1. The van der Waals surface area contributed by atoms with Gasteiger partial charge >= 0.3 is 0 Å². The van der Waals surface area contributed by atoms with Gasteiger partial charge in [0.15, 0.2) is 0 Å². The first-order valence-corrected chi connectivity index (χ1v) is 5.19. The van der Waals surface area contributed by atoms with Gasteiger partial charge in [-0.15, -0.1) is 0 Å². The van der Waals surface area contributed by atoms with Crippen LogP contribution in [0.4, 0.5) is 0 Å². The van der Waals surface area contributed by atoms with Gasteiger partial charge in [0.05, 0.1) is 6.20 Å². The number of hydrogen-bond acceptors (Lipinski definition) is 4. The van der Waals surface area contributed by atoms with Gasteiger partial charge in [-0.1, -0.05) is 0 Å². The van der Waals surface area contributed by atoms with E-state index in [1.807, 2.05) is 19.4 Å². The molecule has 0 spiro atoms. The molecule has 0 aliphatic carbocycles. The molecule has 0 aliphatic heterocycles. The lowest BCUT2D eigenvalue weighted by Gasteiger charge is -2.14. The molecular formula is C10H20N4O. The summed E-state index contributed by atoms with van der Waals surface area (Å²) in [5.41, 5.74) is 4.03. The van der Waals surface area contributed by atoms with Gasteiger partial charge in [0, 0.05) is 33.0 Å². The number of aromatic nitrogens is 2. The maximum atomic E-state index is 5.49. The molecule has 15 heavy (non-hydrogen) atoms. The summed E-state index contributed by atoms with van der Waals surface area (Å²) in [5, 5.41) is 4.12. The Morgan fingerprint density at radius 3 is 3.00 bits per heavy atom. The first-order chi connectivity index (χ1) is 7.26. The topological polar surface area (TPSA) is 65.1 Å². The molecule has 0 aliphatic rings. The Kier molecular flexibility index (Phi) is 5.31. The van der Waals surface area contributed by atoms with Crippen LogP contribution in [0.2, 0.25) is 0 Å². The van der Waals surface area contributed by atoms with Gasteiger partial charge in [-0.3, -0.25) is 16.0 Å². The minimum atomic E-state index is 0.296. The molecule has 5 heteroatoms. The fourth-order valence-electron chi connectivity index (χ4n) is 1.58. The van der Waals surface area contributed by atoms with Crippen LogP contribution in [0.15, 0.2) is 12.4 Å². The van der Waals surface area contributed by atoms with E-state index in [4.69, 9.17) is 10.6 Å². The Hall–Kier alpha value is -0.910. The van der Waals surface area contributed by atoms with Crippen molar-refractivity contribution >= 4 is 0 Å². The molecule has 0 aromatic carbocycles. The van der Waals surface area contributed by atoms with Gasteiger partial charge in [-0.2, -0.15) is 5.10 Å². The molecule has 1 unspecified atom stereocenters. The van der Waals surface area contributed by atoms with Crippen molar-refractivity contribution in [2.24, 2.45) is 12.9 Å². The van der Waals surface area contributed by atoms with Crippen LogP contribution in [0.5, 0.6) is 0 Å². The van der Waals surface area contributed by atoms with Crippen LogP contribution >= 0.6 is 0 Å². The third-order valence-corrected chi connectivity index (χ3v) is 2.38. The monoisotopic (exact) mass is 212 g/mol. The third kappa shape index (κ3) is 4.42. The van der Waals surface area contributed by atoms with Crippen molar-refractivity contribution in [2.75, 3.05) is 13.7 Å². The van der Waals surface area contributed by atoms with E-state index in [9.17, 15) is 0 Å². The molecule has 1 aromatic heterocycles. The van der Waals surface area contributed by atoms with E-state index in [1.54, 1.807) is 11.8 Å². The lowest BCUT2D eigenvalue weighted by molar-refractivity contribution is 0.188. The van der Waals surface area contributed by atoms with Gasteiger partial charge in [0.1, 0.15) is 0 Å². The Morgan fingerprint density at radius 2 is 2.47 bits per heavy atom. The molecule has 0 amide bonds. The highest BCUT2D eigenvalue weighted by Crippen LogP contribution is 2.06. The quantitative estimate of drug-likeness (QED) is 0.385. The third-order valence-electron chi connectivity index (χ3n) is 2.38. The number of nitrogens with zero attached hydrogens (tertiary/aromatic N) is 2. The smallest absolute Gasteiger partial charge is 0.0522 e. The molecule has 0 bridgehead atoms. The Bertz CT molecular complexity index is 274. The number of hydrazine groups is 1. The predicted molar refractivity (Wildman–Crippen MR) is 59.1 cm³/mol. The van der Waals surface area contributed by atoms with Gasteiger partial charge in [0.2, 0.25) is 0 Å². The van der Waals surface area contributed by atoms with Crippen molar-refractivity contribution in [2.45, 2.75) is 25.3 Å². The summed E-state index contributed by atoms with van der Waals surface area (Å²) in [7, 11) is 3.63. The summed E-state index contributed by atoms with van der Waals surface area (Å²) in [4.78, 5) is 0. The molecule has 0 fully saturated rings. The summed E-state index contributed by atoms with van der Waals surface area (Å²) < 4.78 is 6.81. The second-order valence-corrected chi connectivity index (χ2v) is 3.72. The van der Waals surface area contributed by atoms with Crippen LogP contribution in [0.3, 0.4) is 0 Å². The van der Waals surface area contributed by atoms with Gasteiger partial charge in [-0.25, -0.2) is 0 Å². The second kappa shape index (κ2) is 6.55. The summed E-state index contributed by atoms with van der Waals surface area (Å²) in [6.45, 7) is 0.783. The number of aryl methyl sites for hydroxylation is 1. The fraction of sp³-hybridized carbons (Fsp3) is 0.700. The van der Waals surface area contributed by atoms with Crippen LogP contribution in [-0.4, -0.2) is 29.5 Å². The van der Waals surface area contributed by atoms with Crippen molar-refractivity contribution in [3.8, 4) is 0 Å². The van der Waals surface area contributed by atoms with Crippen molar-refractivity contribution in [3.05, 3.63) is 18.0 Å². The van der Waals surface area contributed by atoms with E-state index in [1.165, 1.54) is 5.56 Å². The minimum Gasteiger partial charge on any atom is -0.385 e. The average Bonchev–Trinajstić information content (AvgIpc) is 2.63. The van der Waals surface area contributed by atoms with E-state index < -0.39 is 0 Å². The normalized spacial score (nSPS) is 13.0. The summed E-state index contributed by atoms with van der Waals surface area (Å²) in [6, 6.07) is 0.296. The standard InChI is InChI=1S/C10H20N4O/c1-14-8-9(7-12-14)6-10(13-11)4-3-5-15-2/h7-8,10,13H,3-6,11H2,1-2H3. The van der Waals surface area contributed by atoms with E-state index in [0.29, 0.717) is 6.04 Å². The second-order valence-electron chi connectivity index (χ2n) is 3.72. The number of nitrogens with two attached hydrogens (primary N) is 1. The van der Waals surface area contributed by atoms with Crippen LogP contribution in [0, 0.1) is 0 Å². The maximum Gasteiger partial charge on any atom is 0.0522 e. The van der Waals surface area contributed by atoms with E-state index in [0.717, 1.165) is 25.9 Å². The van der Waals surface area contributed by atoms with Crippen molar-refractivity contribution in [1.82, 2.24) is 15.2 Å². The molecule has 0 saturated carbocycles. The molecule has 86 valence electrons. The Morgan fingerprint density at radius 1 is 1.67 bits per heavy atom. The van der Waals surface area contributed by atoms with Crippen molar-refractivity contribution in [1.29, 1.82) is 0 Å². The number of hydrogen-bond donors (Lipinski definition) is 2. The molecule has 5 nitrogen and oxygen atoms in total. The minimum absolute atomic E-state index is 0.296. The molecule has 1 heterocycles. The zero-order valence-corrected chi connectivity index (χ0v) is 9.44. The number of rotatable bonds is 7. The van der Waals surface area contributed by atoms with Crippen LogP contribution in [-0.2, 0) is 18.2 Å². The first kappa shape index (κ1) is 12.2. The first-order valence-electron chi connectivity index (χ1n) is 5.19. The highest BCUT2D eigenvalue weighted by molar-refractivity contribution is 5.05. The van der Waals surface area contributed by atoms with Gasteiger partial charge in [0.25, 0.3) is 0 Å². The van der Waals surface area contributed by atoms with E-state index >= 15 is 0 Å². The number of ether oxygens (including phenoxy) is 1. The molecular weight excluding hydrogens is 192 g/mol. The predicted octanol–water partition coefficient (Wildman–Crippen LogP) is 0.221. The van der Waals surface area contributed by atoms with Crippen LogP contribution in [0.1, 0.15) is 18.4 Å². The summed E-state index contributed by atoms with van der Waals surface area (Å²) in [6.07, 6.45) is 6.83. The Balaban J connectivity index is 2.33. The SMILES string of the molecule is COCCCC(Cc1cnn(C)c1)NN. The Labute approximate surface area is 90.6 Å². The summed E-state index contributed by atoms with van der Waals surface area (Å²) in [5.74, 6) is 5.49. The van der Waals surface area contributed by atoms with E-state index in [2.05, 4.69) is 10.5 Å². The largest absolute Gasteiger partial charge is 0.385 e. The van der Waals surface area contributed by atoms with Crippen molar-refractivity contribution < 1.29 is 4.74 Å². The lowest BCUT2D eigenvalue weighted by atomic mass is 10.1. The molecule has 1 atom stereocenters. The number of nitrogens with one attached hydrogen (secondary N) is 1. The zero-order chi connectivity index (χ0) is 11.1. The molecule has 3 N–H and O–H groups in total. The highest BCUT2D eigenvalue weighted by atomic mass is 16.5. The molecule has 0 radical (unpaired) electrons.